The zero-order chi connectivity index (χ0) is 19.6. The van der Waals surface area contributed by atoms with Crippen LogP contribution in [0.15, 0.2) is 64.8 Å². The van der Waals surface area contributed by atoms with Gasteiger partial charge >= 0.3 is 0 Å². The molecule has 0 atom stereocenters. The van der Waals surface area contributed by atoms with Crippen LogP contribution in [0.25, 0.3) is 6.08 Å². The van der Waals surface area contributed by atoms with E-state index >= 15 is 0 Å². The van der Waals surface area contributed by atoms with Gasteiger partial charge in [0.05, 0.1) is 5.56 Å². The van der Waals surface area contributed by atoms with Crippen molar-refractivity contribution in [3.8, 4) is 0 Å². The number of benzene rings is 2. The predicted molar refractivity (Wildman–Crippen MR) is 103 cm³/mol. The number of carbonyl (C=O) groups excluding carboxylic acids is 3. The molecule has 2 amide bonds. The van der Waals surface area contributed by atoms with E-state index in [0.717, 1.165) is 5.56 Å². The molecule has 0 aromatic heterocycles. The van der Waals surface area contributed by atoms with Gasteiger partial charge in [0.1, 0.15) is 5.70 Å². The molecule has 0 heterocycles. The highest BCUT2D eigenvalue weighted by Crippen LogP contribution is 2.16. The Bertz CT molecular complexity index is 850. The molecule has 2 aromatic carbocycles. The first-order valence-electron chi connectivity index (χ1n) is 8.28. The summed E-state index contributed by atoms with van der Waals surface area (Å²) in [4.78, 5) is 35.5. The number of aliphatic carboxylic acids is 1. The lowest BCUT2D eigenvalue weighted by Gasteiger charge is -2.12. The van der Waals surface area contributed by atoms with Gasteiger partial charge in [-0.3, -0.25) is 9.59 Å². The Kier molecular flexibility index (Phi) is 7.76. The van der Waals surface area contributed by atoms with E-state index < -0.39 is 17.8 Å². The first kappa shape index (κ1) is 20.4. The van der Waals surface area contributed by atoms with Gasteiger partial charge in [-0.05, 0) is 52.5 Å². The van der Waals surface area contributed by atoms with E-state index in [1.807, 2.05) is 18.2 Å². The molecule has 6 nitrogen and oxygen atoms in total. The molecule has 0 bridgehead atoms. The monoisotopic (exact) mass is 429 g/mol. The largest absolute Gasteiger partial charge is 0.550 e. The molecule has 0 aliphatic heterocycles. The summed E-state index contributed by atoms with van der Waals surface area (Å²) in [6.07, 6.45) is 1.65. The van der Waals surface area contributed by atoms with Crippen molar-refractivity contribution in [2.45, 2.75) is 12.8 Å². The van der Waals surface area contributed by atoms with Crippen LogP contribution < -0.4 is 15.7 Å². The Morgan fingerprint density at radius 2 is 1.67 bits per heavy atom. The SMILES string of the molecule is O=C([O-])CCCNC(=O)/C(=C/c1ccccc1)NC(=O)c1ccccc1Br. The van der Waals surface area contributed by atoms with Gasteiger partial charge in [0.2, 0.25) is 0 Å². The molecule has 7 heteroatoms. The summed E-state index contributed by atoms with van der Waals surface area (Å²) < 4.78 is 0.607. The van der Waals surface area contributed by atoms with E-state index in [9.17, 15) is 19.5 Å². The van der Waals surface area contributed by atoms with Gasteiger partial charge in [0.25, 0.3) is 11.8 Å². The third kappa shape index (κ3) is 6.71. The maximum atomic E-state index is 12.5. The Hall–Kier alpha value is -2.93. The number of hydrogen-bond acceptors (Lipinski definition) is 4. The average molecular weight is 430 g/mol. The minimum absolute atomic E-state index is 0.0652. The third-order valence-corrected chi connectivity index (χ3v) is 4.26. The highest BCUT2D eigenvalue weighted by atomic mass is 79.9. The normalized spacial score (nSPS) is 10.9. The topological polar surface area (TPSA) is 98.3 Å². The van der Waals surface area contributed by atoms with Crippen LogP contribution in [0.3, 0.4) is 0 Å². The second-order valence-electron chi connectivity index (χ2n) is 5.63. The molecule has 27 heavy (non-hydrogen) atoms. The number of carbonyl (C=O) groups is 3. The van der Waals surface area contributed by atoms with Crippen LogP contribution in [0.1, 0.15) is 28.8 Å². The van der Waals surface area contributed by atoms with E-state index in [4.69, 9.17) is 0 Å². The number of hydrogen-bond donors (Lipinski definition) is 2. The van der Waals surface area contributed by atoms with Crippen LogP contribution in [0.5, 0.6) is 0 Å². The van der Waals surface area contributed by atoms with Gasteiger partial charge in [0.15, 0.2) is 0 Å². The fourth-order valence-electron chi connectivity index (χ4n) is 2.24. The third-order valence-electron chi connectivity index (χ3n) is 3.57. The average Bonchev–Trinajstić information content (AvgIpc) is 2.65. The standard InChI is InChI=1S/C20H19BrN2O4/c21-16-10-5-4-9-15(16)19(26)23-17(13-14-7-2-1-3-8-14)20(27)22-12-6-11-18(24)25/h1-5,7-10,13H,6,11-12H2,(H,22,27)(H,23,26)(H,24,25)/p-1/b17-13-. The van der Waals surface area contributed by atoms with Crippen LogP contribution >= 0.6 is 15.9 Å². The lowest BCUT2D eigenvalue weighted by atomic mass is 10.1. The smallest absolute Gasteiger partial charge is 0.267 e. The van der Waals surface area contributed by atoms with E-state index in [0.29, 0.717) is 10.0 Å². The van der Waals surface area contributed by atoms with Crippen LogP contribution in [0, 0.1) is 0 Å². The minimum Gasteiger partial charge on any atom is -0.550 e. The molecule has 0 spiro atoms. The van der Waals surface area contributed by atoms with Gasteiger partial charge < -0.3 is 20.5 Å². The summed E-state index contributed by atoms with van der Waals surface area (Å²) in [6, 6.07) is 15.9. The number of nitrogens with one attached hydrogen (secondary N) is 2. The van der Waals surface area contributed by atoms with E-state index in [-0.39, 0.29) is 25.1 Å². The summed E-state index contributed by atoms with van der Waals surface area (Å²) in [5, 5.41) is 15.7. The molecule has 0 saturated heterocycles. The number of amides is 2. The van der Waals surface area contributed by atoms with Crippen molar-refractivity contribution in [1.82, 2.24) is 10.6 Å². The van der Waals surface area contributed by atoms with E-state index in [2.05, 4.69) is 26.6 Å². The Labute approximate surface area is 165 Å². The first-order chi connectivity index (χ1) is 13.0. The van der Waals surface area contributed by atoms with E-state index in [1.165, 1.54) is 0 Å². The molecule has 0 fully saturated rings. The molecular formula is C20H18BrN2O4-. The quantitative estimate of drug-likeness (QED) is 0.494. The van der Waals surface area contributed by atoms with Crippen molar-refractivity contribution >= 4 is 39.8 Å². The number of halogens is 1. The lowest BCUT2D eigenvalue weighted by Crippen LogP contribution is -2.35. The zero-order valence-electron chi connectivity index (χ0n) is 14.4. The molecule has 140 valence electrons. The molecule has 2 N–H and O–H groups in total. The van der Waals surface area contributed by atoms with Crippen molar-refractivity contribution in [3.05, 3.63) is 75.9 Å². The Balaban J connectivity index is 2.16. The zero-order valence-corrected chi connectivity index (χ0v) is 16.0. The van der Waals surface area contributed by atoms with Gasteiger partial charge in [0, 0.05) is 17.0 Å². The highest BCUT2D eigenvalue weighted by molar-refractivity contribution is 9.10. The summed E-state index contributed by atoms with van der Waals surface area (Å²) >= 11 is 3.31. The van der Waals surface area contributed by atoms with Crippen molar-refractivity contribution in [2.75, 3.05) is 6.54 Å². The fraction of sp³-hybridized carbons (Fsp3) is 0.150. The van der Waals surface area contributed by atoms with Gasteiger partial charge in [-0.15, -0.1) is 0 Å². The number of rotatable bonds is 8. The lowest BCUT2D eigenvalue weighted by molar-refractivity contribution is -0.305. The summed E-state index contributed by atoms with van der Waals surface area (Å²) in [5.74, 6) is -2.11. The second kappa shape index (κ2) is 10.3. The molecule has 2 aromatic rings. The van der Waals surface area contributed by atoms with Crippen LogP contribution in [-0.2, 0) is 9.59 Å². The maximum absolute atomic E-state index is 12.5. The van der Waals surface area contributed by atoms with Crippen LogP contribution in [-0.4, -0.2) is 24.3 Å². The highest BCUT2D eigenvalue weighted by Gasteiger charge is 2.16. The summed E-state index contributed by atoms with van der Waals surface area (Å²) in [7, 11) is 0. The van der Waals surface area contributed by atoms with Crippen molar-refractivity contribution in [3.63, 3.8) is 0 Å². The number of carboxylic acids is 1. The summed E-state index contributed by atoms with van der Waals surface area (Å²) in [5.41, 5.74) is 1.20. The van der Waals surface area contributed by atoms with E-state index in [1.54, 1.807) is 42.5 Å². The molecule has 0 unspecified atom stereocenters. The van der Waals surface area contributed by atoms with Crippen molar-refractivity contribution in [1.29, 1.82) is 0 Å². The fourth-order valence-corrected chi connectivity index (χ4v) is 2.70. The Morgan fingerprint density at radius 3 is 2.33 bits per heavy atom. The molecular weight excluding hydrogens is 412 g/mol. The predicted octanol–water partition coefficient (Wildman–Crippen LogP) is 1.87. The second-order valence-corrected chi connectivity index (χ2v) is 6.49. The molecule has 2 rings (SSSR count). The Morgan fingerprint density at radius 1 is 1.00 bits per heavy atom. The first-order valence-corrected chi connectivity index (χ1v) is 9.07. The molecule has 0 aliphatic rings. The van der Waals surface area contributed by atoms with Gasteiger partial charge in [-0.2, -0.15) is 0 Å². The van der Waals surface area contributed by atoms with Gasteiger partial charge in [-0.1, -0.05) is 42.5 Å². The van der Waals surface area contributed by atoms with Crippen LogP contribution in [0.2, 0.25) is 0 Å². The van der Waals surface area contributed by atoms with Crippen LogP contribution in [0.4, 0.5) is 0 Å². The van der Waals surface area contributed by atoms with Crippen molar-refractivity contribution < 1.29 is 19.5 Å². The summed E-state index contributed by atoms with van der Waals surface area (Å²) in [6.45, 7) is 0.157. The number of carboxylic acid groups (broad SMARTS) is 1. The molecule has 0 saturated carbocycles. The minimum atomic E-state index is -1.17. The molecule has 0 radical (unpaired) electrons. The van der Waals surface area contributed by atoms with Crippen molar-refractivity contribution in [2.24, 2.45) is 0 Å². The molecule has 0 aliphatic carbocycles. The maximum Gasteiger partial charge on any atom is 0.267 e. The van der Waals surface area contributed by atoms with Gasteiger partial charge in [-0.25, -0.2) is 0 Å².